The number of aromatic nitrogens is 1. The third-order valence-electron chi connectivity index (χ3n) is 5.73. The number of carbonyl (C=O) groups is 1. The second kappa shape index (κ2) is 9.61. The van der Waals surface area contributed by atoms with Crippen LogP contribution in [0.25, 0.3) is 22.6 Å². The molecule has 1 aromatic heterocycles. The highest BCUT2D eigenvalue weighted by Crippen LogP contribution is 2.37. The summed E-state index contributed by atoms with van der Waals surface area (Å²) in [6, 6.07) is 18.3. The van der Waals surface area contributed by atoms with Gasteiger partial charge in [0.25, 0.3) is 5.91 Å². The predicted octanol–water partition coefficient (Wildman–Crippen LogP) is 4.51. The predicted molar refractivity (Wildman–Crippen MR) is 128 cm³/mol. The number of nitrogens with zero attached hydrogens (tertiary/aromatic N) is 1. The Kier molecular flexibility index (Phi) is 7.14. The van der Waals surface area contributed by atoms with Crippen LogP contribution in [0.15, 0.2) is 54.6 Å². The van der Waals surface area contributed by atoms with Gasteiger partial charge < -0.3 is 10.6 Å². The van der Waals surface area contributed by atoms with Gasteiger partial charge in [0, 0.05) is 30.9 Å². The normalized spacial score (nSPS) is 16.3. The average molecular weight is 442 g/mol. The Hall–Kier alpha value is -2.40. The first kappa shape index (κ1) is 22.3. The first-order valence-electron chi connectivity index (χ1n) is 9.96. The molecule has 30 heavy (non-hydrogen) atoms. The minimum Gasteiger partial charge on any atom is -0.352 e. The quantitative estimate of drug-likeness (QED) is 0.625. The Labute approximate surface area is 189 Å². The number of hydrogen-bond donors (Lipinski definition) is 2. The molecule has 0 atom stereocenters. The van der Waals surface area contributed by atoms with E-state index >= 15 is 0 Å². The van der Waals surface area contributed by atoms with Crippen molar-refractivity contribution in [3.63, 3.8) is 0 Å². The number of rotatable bonds is 4. The third kappa shape index (κ3) is 4.22. The molecule has 0 radical (unpaired) electrons. The van der Waals surface area contributed by atoms with E-state index < -0.39 is 0 Å². The molecule has 1 aliphatic heterocycles. The molecule has 1 fully saturated rings. The van der Waals surface area contributed by atoms with E-state index in [0.717, 1.165) is 60.2 Å². The van der Waals surface area contributed by atoms with Crippen molar-refractivity contribution in [2.24, 2.45) is 5.92 Å². The summed E-state index contributed by atoms with van der Waals surface area (Å²) >= 11 is 0. The minimum absolute atomic E-state index is 0. The Morgan fingerprint density at radius 3 is 2.50 bits per heavy atom. The summed E-state index contributed by atoms with van der Waals surface area (Å²) in [5, 5.41) is 7.37. The van der Waals surface area contributed by atoms with Crippen molar-refractivity contribution in [1.82, 2.24) is 15.6 Å². The fourth-order valence-corrected chi connectivity index (χ4v) is 4.11. The Balaban J connectivity index is 0.00000128. The van der Waals surface area contributed by atoms with E-state index in [-0.39, 0.29) is 30.7 Å². The van der Waals surface area contributed by atoms with Gasteiger partial charge in [-0.3, -0.25) is 4.79 Å². The molecule has 0 bridgehead atoms. The van der Waals surface area contributed by atoms with Crippen LogP contribution in [0.3, 0.4) is 0 Å². The summed E-state index contributed by atoms with van der Waals surface area (Å²) in [5.41, 5.74) is 6.15. The molecule has 1 saturated heterocycles. The molecular weight excluding hydrogens is 417 g/mol. The van der Waals surface area contributed by atoms with E-state index in [0.29, 0.717) is 5.92 Å². The summed E-state index contributed by atoms with van der Waals surface area (Å²) in [5.74, 6) is 0.571. The summed E-state index contributed by atoms with van der Waals surface area (Å²) in [6.45, 7) is 2.70. The van der Waals surface area contributed by atoms with Crippen molar-refractivity contribution in [3.8, 4) is 0 Å². The standard InChI is InChI=1S/C24H23N3O.2ClH/c28-24(26-15-17-13-25-14-17)22-19-8-4-5-9-21(19)27-23-18(10-11-20(22)23)12-16-6-2-1-3-7-16;;/h1-9,12,17,25H,10-11,13-15H2,(H,26,28);2*1H/b18-12-;;. The van der Waals surface area contributed by atoms with Crippen molar-refractivity contribution in [2.45, 2.75) is 12.8 Å². The van der Waals surface area contributed by atoms with E-state index in [1.165, 1.54) is 11.1 Å². The molecule has 3 aromatic rings. The first-order valence-corrected chi connectivity index (χ1v) is 9.96. The van der Waals surface area contributed by atoms with Gasteiger partial charge in [-0.05, 0) is 41.7 Å². The van der Waals surface area contributed by atoms with Gasteiger partial charge in [-0.2, -0.15) is 0 Å². The molecule has 2 aromatic carbocycles. The summed E-state index contributed by atoms with van der Waals surface area (Å²) < 4.78 is 0. The first-order chi connectivity index (χ1) is 13.8. The van der Waals surface area contributed by atoms with Crippen LogP contribution in [0.2, 0.25) is 0 Å². The van der Waals surface area contributed by atoms with Gasteiger partial charge >= 0.3 is 0 Å². The molecule has 6 heteroatoms. The highest BCUT2D eigenvalue weighted by molar-refractivity contribution is 6.09. The number of pyridine rings is 1. The maximum atomic E-state index is 13.1. The van der Waals surface area contributed by atoms with E-state index in [9.17, 15) is 4.79 Å². The molecule has 0 spiro atoms. The van der Waals surface area contributed by atoms with Gasteiger partial charge in [-0.15, -0.1) is 24.8 Å². The van der Waals surface area contributed by atoms with Gasteiger partial charge in [0.1, 0.15) is 0 Å². The molecule has 5 rings (SSSR count). The SMILES string of the molecule is Cl.Cl.O=C(NCC1CNC1)c1c2c(nc3ccccc13)/C(=C\c1ccccc1)CC2. The zero-order valence-corrected chi connectivity index (χ0v) is 18.2. The number of hydrogen-bond acceptors (Lipinski definition) is 3. The highest BCUT2D eigenvalue weighted by Gasteiger charge is 2.27. The molecule has 2 heterocycles. The lowest BCUT2D eigenvalue weighted by atomic mass is 9.99. The maximum Gasteiger partial charge on any atom is 0.252 e. The molecule has 156 valence electrons. The highest BCUT2D eigenvalue weighted by atomic mass is 35.5. The zero-order chi connectivity index (χ0) is 18.9. The Morgan fingerprint density at radius 2 is 1.77 bits per heavy atom. The van der Waals surface area contributed by atoms with Crippen LogP contribution in [0.4, 0.5) is 0 Å². The van der Waals surface area contributed by atoms with E-state index in [2.05, 4.69) is 28.8 Å². The van der Waals surface area contributed by atoms with Gasteiger partial charge in [0.2, 0.25) is 0 Å². The van der Waals surface area contributed by atoms with Crippen molar-refractivity contribution in [1.29, 1.82) is 0 Å². The van der Waals surface area contributed by atoms with Crippen molar-refractivity contribution in [3.05, 3.63) is 77.0 Å². The number of allylic oxidation sites excluding steroid dienone is 1. The number of halogens is 2. The lowest BCUT2D eigenvalue weighted by molar-refractivity contribution is 0.0943. The number of para-hydroxylation sites is 1. The summed E-state index contributed by atoms with van der Waals surface area (Å²) in [7, 11) is 0. The van der Waals surface area contributed by atoms with Crippen LogP contribution in [-0.2, 0) is 6.42 Å². The topological polar surface area (TPSA) is 54.0 Å². The number of carbonyl (C=O) groups excluding carboxylic acids is 1. The molecular formula is C24H25Cl2N3O. The largest absolute Gasteiger partial charge is 0.352 e. The Bertz CT molecular complexity index is 1080. The molecule has 0 unspecified atom stereocenters. The van der Waals surface area contributed by atoms with E-state index in [4.69, 9.17) is 4.98 Å². The van der Waals surface area contributed by atoms with Crippen molar-refractivity contribution >= 4 is 53.3 Å². The third-order valence-corrected chi connectivity index (χ3v) is 5.73. The minimum atomic E-state index is 0. The van der Waals surface area contributed by atoms with Gasteiger partial charge in [-0.25, -0.2) is 4.98 Å². The van der Waals surface area contributed by atoms with Crippen LogP contribution in [0, 0.1) is 5.92 Å². The van der Waals surface area contributed by atoms with Gasteiger partial charge in [0.15, 0.2) is 0 Å². The van der Waals surface area contributed by atoms with Gasteiger partial charge in [-0.1, -0.05) is 48.5 Å². The lowest BCUT2D eigenvalue weighted by Gasteiger charge is -2.27. The van der Waals surface area contributed by atoms with Crippen LogP contribution < -0.4 is 10.6 Å². The molecule has 0 saturated carbocycles. The number of amides is 1. The van der Waals surface area contributed by atoms with Crippen molar-refractivity contribution < 1.29 is 4.79 Å². The van der Waals surface area contributed by atoms with Crippen molar-refractivity contribution in [2.75, 3.05) is 19.6 Å². The summed E-state index contributed by atoms with van der Waals surface area (Å²) in [4.78, 5) is 18.1. The van der Waals surface area contributed by atoms with Crippen LogP contribution in [-0.4, -0.2) is 30.5 Å². The summed E-state index contributed by atoms with van der Waals surface area (Å²) in [6.07, 6.45) is 3.98. The Morgan fingerprint density at radius 1 is 1.03 bits per heavy atom. The monoisotopic (exact) mass is 441 g/mol. The number of fused-ring (bicyclic) bond motifs is 2. The molecule has 1 amide bonds. The maximum absolute atomic E-state index is 13.1. The fourth-order valence-electron chi connectivity index (χ4n) is 4.11. The lowest BCUT2D eigenvalue weighted by Crippen LogP contribution is -2.48. The van der Waals surface area contributed by atoms with Gasteiger partial charge in [0.05, 0.1) is 16.8 Å². The molecule has 4 nitrogen and oxygen atoms in total. The van der Waals surface area contributed by atoms with E-state index in [1.807, 2.05) is 42.5 Å². The fraction of sp³-hybridized carbons (Fsp3) is 0.250. The number of benzene rings is 2. The molecule has 1 aliphatic carbocycles. The second-order valence-corrected chi connectivity index (χ2v) is 7.65. The van der Waals surface area contributed by atoms with Crippen LogP contribution >= 0.6 is 24.8 Å². The molecule has 2 aliphatic rings. The van der Waals surface area contributed by atoms with E-state index in [1.54, 1.807) is 0 Å². The van der Waals surface area contributed by atoms with Crippen LogP contribution in [0.5, 0.6) is 0 Å². The second-order valence-electron chi connectivity index (χ2n) is 7.65. The average Bonchev–Trinajstić information content (AvgIpc) is 3.07. The molecule has 2 N–H and O–H groups in total. The number of nitrogens with one attached hydrogen (secondary N) is 2. The zero-order valence-electron chi connectivity index (χ0n) is 16.6. The van der Waals surface area contributed by atoms with Crippen LogP contribution in [0.1, 0.15) is 33.6 Å². The smallest absolute Gasteiger partial charge is 0.252 e.